The molecule has 25 heavy (non-hydrogen) atoms. The smallest absolute Gasteiger partial charge is 0.147 e. The number of likely N-dealkylation sites (tertiary alicyclic amines) is 1. The van der Waals surface area contributed by atoms with Gasteiger partial charge in [0.25, 0.3) is 0 Å². The van der Waals surface area contributed by atoms with E-state index in [0.29, 0.717) is 5.92 Å². The third-order valence-electron chi connectivity index (χ3n) is 4.99. The van der Waals surface area contributed by atoms with Crippen molar-refractivity contribution in [3.8, 4) is 0 Å². The Bertz CT molecular complexity index is 656. The SMILES string of the molecule is Cc1cncc(N(C)CC2CCN(CC(O)c3ccccc3)CC2)n1. The highest BCUT2D eigenvalue weighted by molar-refractivity contribution is 5.34. The Morgan fingerprint density at radius 3 is 2.60 bits per heavy atom. The van der Waals surface area contributed by atoms with Crippen LogP contribution in [-0.2, 0) is 0 Å². The van der Waals surface area contributed by atoms with Crippen LogP contribution < -0.4 is 4.90 Å². The monoisotopic (exact) mass is 340 g/mol. The van der Waals surface area contributed by atoms with E-state index in [-0.39, 0.29) is 0 Å². The molecule has 1 N–H and O–H groups in total. The number of benzene rings is 1. The van der Waals surface area contributed by atoms with Crippen LogP contribution in [0.4, 0.5) is 5.82 Å². The van der Waals surface area contributed by atoms with E-state index in [4.69, 9.17) is 0 Å². The predicted molar refractivity (Wildman–Crippen MR) is 101 cm³/mol. The number of rotatable bonds is 6. The van der Waals surface area contributed by atoms with Crippen molar-refractivity contribution in [2.75, 3.05) is 38.1 Å². The zero-order valence-electron chi connectivity index (χ0n) is 15.2. The van der Waals surface area contributed by atoms with E-state index in [1.165, 1.54) is 0 Å². The number of β-amino-alcohol motifs (C(OH)–C–C–N with tert-alkyl or cyclic N) is 1. The fourth-order valence-corrected chi connectivity index (χ4v) is 3.49. The first-order valence-electron chi connectivity index (χ1n) is 9.07. The average Bonchev–Trinajstić information content (AvgIpc) is 2.64. The Morgan fingerprint density at radius 1 is 1.20 bits per heavy atom. The topological polar surface area (TPSA) is 52.5 Å². The van der Waals surface area contributed by atoms with Gasteiger partial charge in [-0.25, -0.2) is 4.98 Å². The highest BCUT2D eigenvalue weighted by Gasteiger charge is 2.22. The highest BCUT2D eigenvalue weighted by Crippen LogP contribution is 2.22. The summed E-state index contributed by atoms with van der Waals surface area (Å²) in [4.78, 5) is 13.4. The molecule has 0 spiro atoms. The van der Waals surface area contributed by atoms with Gasteiger partial charge in [-0.2, -0.15) is 0 Å². The van der Waals surface area contributed by atoms with Crippen molar-refractivity contribution in [3.05, 3.63) is 54.0 Å². The zero-order valence-corrected chi connectivity index (χ0v) is 15.2. The Kier molecular flexibility index (Phi) is 6.00. The van der Waals surface area contributed by atoms with E-state index in [2.05, 4.69) is 26.8 Å². The van der Waals surface area contributed by atoms with Crippen molar-refractivity contribution < 1.29 is 5.11 Å². The maximum Gasteiger partial charge on any atom is 0.147 e. The fourth-order valence-electron chi connectivity index (χ4n) is 3.49. The average molecular weight is 340 g/mol. The molecular formula is C20H28N4O. The van der Waals surface area contributed by atoms with Gasteiger partial charge in [-0.1, -0.05) is 30.3 Å². The van der Waals surface area contributed by atoms with E-state index in [9.17, 15) is 5.11 Å². The quantitative estimate of drug-likeness (QED) is 0.876. The van der Waals surface area contributed by atoms with Crippen molar-refractivity contribution in [1.29, 1.82) is 0 Å². The van der Waals surface area contributed by atoms with Crippen LogP contribution in [0.3, 0.4) is 0 Å². The van der Waals surface area contributed by atoms with Gasteiger partial charge in [0.15, 0.2) is 0 Å². The molecule has 0 bridgehead atoms. The molecule has 0 amide bonds. The summed E-state index contributed by atoms with van der Waals surface area (Å²) < 4.78 is 0. The molecule has 0 radical (unpaired) electrons. The number of aliphatic hydroxyl groups is 1. The number of hydrogen-bond donors (Lipinski definition) is 1. The summed E-state index contributed by atoms with van der Waals surface area (Å²) >= 11 is 0. The minimum atomic E-state index is -0.400. The molecule has 5 heteroatoms. The number of nitrogens with zero attached hydrogens (tertiary/aromatic N) is 4. The van der Waals surface area contributed by atoms with Gasteiger partial charge in [-0.3, -0.25) is 4.98 Å². The van der Waals surface area contributed by atoms with Crippen molar-refractivity contribution >= 4 is 5.82 Å². The number of anilines is 1. The molecule has 1 aliphatic heterocycles. The van der Waals surface area contributed by atoms with Gasteiger partial charge >= 0.3 is 0 Å². The van der Waals surface area contributed by atoms with Crippen molar-refractivity contribution in [2.24, 2.45) is 5.92 Å². The van der Waals surface area contributed by atoms with E-state index < -0.39 is 6.10 Å². The number of hydrogen-bond acceptors (Lipinski definition) is 5. The first-order valence-corrected chi connectivity index (χ1v) is 9.07. The van der Waals surface area contributed by atoms with Crippen LogP contribution in [0.25, 0.3) is 0 Å². The molecule has 3 rings (SSSR count). The van der Waals surface area contributed by atoms with E-state index in [1.54, 1.807) is 6.20 Å². The summed E-state index contributed by atoms with van der Waals surface area (Å²) in [5.41, 5.74) is 1.96. The molecular weight excluding hydrogens is 312 g/mol. The van der Waals surface area contributed by atoms with Gasteiger partial charge in [0.1, 0.15) is 5.82 Å². The molecule has 1 unspecified atom stereocenters. The summed E-state index contributed by atoms with van der Waals surface area (Å²) in [6.07, 6.45) is 5.53. The lowest BCUT2D eigenvalue weighted by atomic mass is 9.95. The van der Waals surface area contributed by atoms with Crippen LogP contribution in [0.5, 0.6) is 0 Å². The number of piperidine rings is 1. The third kappa shape index (κ3) is 5.00. The lowest BCUT2D eigenvalue weighted by Crippen LogP contribution is -2.39. The van der Waals surface area contributed by atoms with Crippen LogP contribution in [0, 0.1) is 12.8 Å². The molecule has 0 saturated carbocycles. The lowest BCUT2D eigenvalue weighted by molar-refractivity contribution is 0.0902. The second kappa shape index (κ2) is 8.41. The highest BCUT2D eigenvalue weighted by atomic mass is 16.3. The third-order valence-corrected chi connectivity index (χ3v) is 4.99. The molecule has 134 valence electrons. The summed E-state index contributed by atoms with van der Waals surface area (Å²) in [6, 6.07) is 9.94. The maximum atomic E-state index is 10.4. The summed E-state index contributed by atoms with van der Waals surface area (Å²) in [5.74, 6) is 1.61. The zero-order chi connectivity index (χ0) is 17.6. The van der Waals surface area contributed by atoms with Gasteiger partial charge in [-0.05, 0) is 44.3 Å². The van der Waals surface area contributed by atoms with Crippen molar-refractivity contribution in [3.63, 3.8) is 0 Å². The van der Waals surface area contributed by atoms with Crippen LogP contribution >= 0.6 is 0 Å². The Hall–Kier alpha value is -1.98. The molecule has 0 aliphatic carbocycles. The first kappa shape index (κ1) is 17.8. The predicted octanol–water partition coefficient (Wildman–Crippen LogP) is 2.67. The Balaban J connectivity index is 1.45. The lowest BCUT2D eigenvalue weighted by Gasteiger charge is -2.35. The van der Waals surface area contributed by atoms with Gasteiger partial charge in [-0.15, -0.1) is 0 Å². The largest absolute Gasteiger partial charge is 0.387 e. The molecule has 2 aromatic rings. The van der Waals surface area contributed by atoms with Crippen LogP contribution in [-0.4, -0.2) is 53.2 Å². The molecule has 1 aromatic heterocycles. The summed E-state index contributed by atoms with van der Waals surface area (Å²) in [6.45, 7) is 5.79. The standard InChI is InChI=1S/C20H28N4O/c1-16-12-21-13-20(22-16)23(2)14-17-8-10-24(11-9-17)15-19(25)18-6-4-3-5-7-18/h3-7,12-13,17,19,25H,8-11,14-15H2,1-2H3. The number of aryl methyl sites for hydroxylation is 1. The second-order valence-corrected chi connectivity index (χ2v) is 7.07. The van der Waals surface area contributed by atoms with Crippen LogP contribution in [0.2, 0.25) is 0 Å². The van der Waals surface area contributed by atoms with Crippen molar-refractivity contribution in [1.82, 2.24) is 14.9 Å². The molecule has 1 fully saturated rings. The van der Waals surface area contributed by atoms with Crippen LogP contribution in [0.1, 0.15) is 30.2 Å². The van der Waals surface area contributed by atoms with Gasteiger partial charge in [0.05, 0.1) is 18.0 Å². The molecule has 1 atom stereocenters. The minimum Gasteiger partial charge on any atom is -0.387 e. The Labute approximate surface area is 150 Å². The Morgan fingerprint density at radius 2 is 1.92 bits per heavy atom. The van der Waals surface area contributed by atoms with E-state index in [1.807, 2.05) is 43.5 Å². The normalized spacial score (nSPS) is 17.4. The molecule has 2 heterocycles. The first-order chi connectivity index (χ1) is 12.1. The molecule has 1 aromatic carbocycles. The van der Waals surface area contributed by atoms with Crippen molar-refractivity contribution in [2.45, 2.75) is 25.9 Å². The van der Waals surface area contributed by atoms with E-state index in [0.717, 1.165) is 56.1 Å². The molecule has 1 aliphatic rings. The fraction of sp³-hybridized carbons (Fsp3) is 0.500. The number of aromatic nitrogens is 2. The van der Waals surface area contributed by atoms with Gasteiger partial charge < -0.3 is 14.9 Å². The van der Waals surface area contributed by atoms with Gasteiger partial charge in [0.2, 0.25) is 0 Å². The summed E-state index contributed by atoms with van der Waals surface area (Å²) in [5, 5.41) is 10.4. The maximum absolute atomic E-state index is 10.4. The van der Waals surface area contributed by atoms with Crippen LogP contribution in [0.15, 0.2) is 42.7 Å². The molecule has 1 saturated heterocycles. The summed E-state index contributed by atoms with van der Waals surface area (Å²) in [7, 11) is 2.09. The molecule has 5 nitrogen and oxygen atoms in total. The van der Waals surface area contributed by atoms with E-state index >= 15 is 0 Å². The minimum absolute atomic E-state index is 0.400. The number of aliphatic hydroxyl groups excluding tert-OH is 1. The second-order valence-electron chi connectivity index (χ2n) is 7.07. The van der Waals surface area contributed by atoms with Gasteiger partial charge in [0, 0.05) is 26.3 Å².